The molecule has 0 unspecified atom stereocenters. The van der Waals surface area contributed by atoms with Gasteiger partial charge in [-0.15, -0.1) is 0 Å². The Kier molecular flexibility index (Phi) is 7.70. The Balaban J connectivity index is 1.73. The van der Waals surface area contributed by atoms with Crippen molar-refractivity contribution >= 4 is 11.8 Å². The Labute approximate surface area is 206 Å². The summed E-state index contributed by atoms with van der Waals surface area (Å²) in [5, 5.41) is 4.40. The van der Waals surface area contributed by atoms with E-state index in [4.69, 9.17) is 9.26 Å². The van der Waals surface area contributed by atoms with Crippen LogP contribution in [0.4, 0.5) is 10.3 Å². The third kappa shape index (κ3) is 5.48. The SMILES string of the molecule is CC[C@H](C)N(Cc1c(-c2ccc(F)cc2)noc1N1CCN(C)CC1)C(=O)c1ccc(OC)cc1. The van der Waals surface area contributed by atoms with E-state index in [-0.39, 0.29) is 17.8 Å². The van der Waals surface area contributed by atoms with Crippen molar-refractivity contribution in [3.8, 4) is 17.0 Å². The Hall–Kier alpha value is -3.39. The number of hydrogen-bond acceptors (Lipinski definition) is 6. The normalized spacial score (nSPS) is 15.2. The minimum absolute atomic E-state index is 0.0130. The van der Waals surface area contributed by atoms with Gasteiger partial charge in [0.05, 0.1) is 19.2 Å². The van der Waals surface area contributed by atoms with Crippen LogP contribution >= 0.6 is 0 Å². The summed E-state index contributed by atoms with van der Waals surface area (Å²) >= 11 is 0. The molecule has 4 rings (SSSR count). The zero-order valence-corrected chi connectivity index (χ0v) is 20.8. The zero-order valence-electron chi connectivity index (χ0n) is 20.8. The van der Waals surface area contributed by atoms with E-state index in [9.17, 15) is 9.18 Å². The van der Waals surface area contributed by atoms with Crippen LogP contribution in [-0.4, -0.2) is 67.2 Å². The number of rotatable bonds is 8. The number of hydrogen-bond donors (Lipinski definition) is 0. The molecule has 8 heteroatoms. The quantitative estimate of drug-likeness (QED) is 0.467. The molecule has 2 aromatic carbocycles. The summed E-state index contributed by atoms with van der Waals surface area (Å²) in [7, 11) is 3.70. The van der Waals surface area contributed by atoms with E-state index in [1.165, 1.54) is 12.1 Å². The van der Waals surface area contributed by atoms with Crippen molar-refractivity contribution in [1.82, 2.24) is 15.0 Å². The Bertz CT molecular complexity index is 1120. The van der Waals surface area contributed by atoms with E-state index in [1.807, 2.05) is 11.8 Å². The molecular formula is C27H33FN4O3. The molecule has 0 aliphatic carbocycles. The maximum atomic E-state index is 13.7. The predicted octanol–water partition coefficient (Wildman–Crippen LogP) is 4.68. The molecule has 7 nitrogen and oxygen atoms in total. The minimum Gasteiger partial charge on any atom is -0.497 e. The topological polar surface area (TPSA) is 62.1 Å². The summed E-state index contributed by atoms with van der Waals surface area (Å²) in [5.74, 6) is 0.992. The van der Waals surface area contributed by atoms with E-state index < -0.39 is 0 Å². The molecule has 1 aromatic heterocycles. The number of carbonyl (C=O) groups excluding carboxylic acids is 1. The third-order valence-electron chi connectivity index (χ3n) is 6.72. The number of aromatic nitrogens is 1. The molecule has 1 aliphatic rings. The number of carbonyl (C=O) groups is 1. The smallest absolute Gasteiger partial charge is 0.254 e. The molecule has 0 N–H and O–H groups in total. The largest absolute Gasteiger partial charge is 0.497 e. The first kappa shape index (κ1) is 24.7. The van der Waals surface area contributed by atoms with E-state index in [2.05, 4.69) is 28.9 Å². The van der Waals surface area contributed by atoms with Crippen molar-refractivity contribution in [2.24, 2.45) is 0 Å². The van der Waals surface area contributed by atoms with Gasteiger partial charge >= 0.3 is 0 Å². The highest BCUT2D eigenvalue weighted by Crippen LogP contribution is 2.34. The van der Waals surface area contributed by atoms with Gasteiger partial charge in [0, 0.05) is 43.3 Å². The molecular weight excluding hydrogens is 447 g/mol. The van der Waals surface area contributed by atoms with Crippen LogP contribution in [0.2, 0.25) is 0 Å². The number of amides is 1. The molecule has 1 atom stereocenters. The van der Waals surface area contributed by atoms with Crippen molar-refractivity contribution in [2.45, 2.75) is 32.9 Å². The van der Waals surface area contributed by atoms with E-state index in [1.54, 1.807) is 43.5 Å². The van der Waals surface area contributed by atoms with Crippen LogP contribution in [0.3, 0.4) is 0 Å². The standard InChI is InChI=1S/C27H33FN4O3/c1-5-19(2)32(26(33)21-8-12-23(34-4)13-9-21)18-24-25(20-6-10-22(28)11-7-20)29-35-27(24)31-16-14-30(3)15-17-31/h6-13,19H,5,14-18H2,1-4H3/t19-/m0/s1. The number of piperazine rings is 1. The molecule has 3 aromatic rings. The van der Waals surface area contributed by atoms with Crippen LogP contribution in [-0.2, 0) is 6.54 Å². The molecule has 1 fully saturated rings. The number of ether oxygens (including phenoxy) is 1. The van der Waals surface area contributed by atoms with Crippen molar-refractivity contribution < 1.29 is 18.4 Å². The highest BCUT2D eigenvalue weighted by molar-refractivity contribution is 5.94. The molecule has 2 heterocycles. The molecule has 35 heavy (non-hydrogen) atoms. The fourth-order valence-corrected chi connectivity index (χ4v) is 4.25. The fraction of sp³-hybridized carbons (Fsp3) is 0.407. The van der Waals surface area contributed by atoms with Gasteiger partial charge in [0.2, 0.25) is 5.88 Å². The molecule has 1 saturated heterocycles. The maximum Gasteiger partial charge on any atom is 0.254 e. The van der Waals surface area contributed by atoms with E-state index in [0.717, 1.165) is 43.7 Å². The Morgan fingerprint density at radius 2 is 1.77 bits per heavy atom. The minimum atomic E-state index is -0.311. The summed E-state index contributed by atoms with van der Waals surface area (Å²) in [4.78, 5) is 20.0. The average Bonchev–Trinajstić information content (AvgIpc) is 3.30. The number of anilines is 1. The second kappa shape index (κ2) is 10.9. The second-order valence-corrected chi connectivity index (χ2v) is 9.03. The van der Waals surface area contributed by atoms with Crippen molar-refractivity contribution in [3.05, 3.63) is 65.5 Å². The average molecular weight is 481 g/mol. The predicted molar refractivity (Wildman–Crippen MR) is 134 cm³/mol. The highest BCUT2D eigenvalue weighted by atomic mass is 19.1. The fourth-order valence-electron chi connectivity index (χ4n) is 4.25. The van der Waals surface area contributed by atoms with Gasteiger partial charge < -0.3 is 24.0 Å². The van der Waals surface area contributed by atoms with Gasteiger partial charge in [-0.25, -0.2) is 4.39 Å². The molecule has 0 saturated carbocycles. The first-order valence-corrected chi connectivity index (χ1v) is 12.0. The summed E-state index contributed by atoms with van der Waals surface area (Å²) in [6.45, 7) is 7.86. The van der Waals surface area contributed by atoms with Gasteiger partial charge in [0.15, 0.2) is 0 Å². The Morgan fingerprint density at radius 1 is 1.11 bits per heavy atom. The lowest BCUT2D eigenvalue weighted by molar-refractivity contribution is 0.0672. The zero-order chi connectivity index (χ0) is 24.9. The van der Waals surface area contributed by atoms with Gasteiger partial charge in [0.25, 0.3) is 5.91 Å². The van der Waals surface area contributed by atoms with E-state index in [0.29, 0.717) is 29.4 Å². The van der Waals surface area contributed by atoms with Crippen LogP contribution in [0.5, 0.6) is 5.75 Å². The number of benzene rings is 2. The van der Waals surface area contributed by atoms with Crippen LogP contribution in [0.15, 0.2) is 53.1 Å². The van der Waals surface area contributed by atoms with Crippen LogP contribution in [0.25, 0.3) is 11.3 Å². The monoisotopic (exact) mass is 480 g/mol. The maximum absolute atomic E-state index is 13.7. The molecule has 0 spiro atoms. The van der Waals surface area contributed by atoms with Crippen LogP contribution < -0.4 is 9.64 Å². The first-order valence-electron chi connectivity index (χ1n) is 12.0. The Morgan fingerprint density at radius 3 is 2.37 bits per heavy atom. The highest BCUT2D eigenvalue weighted by Gasteiger charge is 2.29. The van der Waals surface area contributed by atoms with Gasteiger partial charge in [-0.2, -0.15) is 0 Å². The van der Waals surface area contributed by atoms with Crippen molar-refractivity contribution in [3.63, 3.8) is 0 Å². The lowest BCUT2D eigenvalue weighted by Gasteiger charge is -2.33. The summed E-state index contributed by atoms with van der Waals surface area (Å²) in [6.07, 6.45) is 0.795. The van der Waals surface area contributed by atoms with Gasteiger partial charge in [-0.1, -0.05) is 12.1 Å². The molecule has 0 bridgehead atoms. The summed E-state index contributed by atoms with van der Waals surface area (Å²) in [6, 6.07) is 13.4. The lowest BCUT2D eigenvalue weighted by atomic mass is 10.0. The molecule has 1 amide bonds. The van der Waals surface area contributed by atoms with Crippen molar-refractivity contribution in [2.75, 3.05) is 45.2 Å². The van der Waals surface area contributed by atoms with Gasteiger partial charge in [-0.3, -0.25) is 4.79 Å². The second-order valence-electron chi connectivity index (χ2n) is 9.03. The van der Waals surface area contributed by atoms with Crippen LogP contribution in [0, 0.1) is 5.82 Å². The lowest BCUT2D eigenvalue weighted by Crippen LogP contribution is -2.45. The number of halogens is 1. The van der Waals surface area contributed by atoms with E-state index >= 15 is 0 Å². The van der Waals surface area contributed by atoms with Crippen molar-refractivity contribution in [1.29, 1.82) is 0 Å². The van der Waals surface area contributed by atoms with Crippen LogP contribution in [0.1, 0.15) is 36.2 Å². The number of likely N-dealkylation sites (N-methyl/N-ethyl adjacent to an activating group) is 1. The van der Waals surface area contributed by atoms with Gasteiger partial charge in [-0.05, 0) is 68.9 Å². The number of nitrogens with zero attached hydrogens (tertiary/aromatic N) is 4. The summed E-state index contributed by atoms with van der Waals surface area (Å²) < 4.78 is 24.8. The third-order valence-corrected chi connectivity index (χ3v) is 6.72. The summed E-state index contributed by atoms with van der Waals surface area (Å²) in [5.41, 5.74) is 2.82. The molecule has 1 aliphatic heterocycles. The molecule has 186 valence electrons. The van der Waals surface area contributed by atoms with Gasteiger partial charge in [0.1, 0.15) is 17.3 Å². The molecule has 0 radical (unpaired) electrons. The number of methoxy groups -OCH3 is 1. The first-order chi connectivity index (χ1) is 16.9.